The number of rotatable bonds is 3. The van der Waals surface area contributed by atoms with Crippen LogP contribution in [0.3, 0.4) is 0 Å². The van der Waals surface area contributed by atoms with Gasteiger partial charge in [0.15, 0.2) is 0 Å². The maximum absolute atomic E-state index is 10.3. The van der Waals surface area contributed by atoms with Crippen molar-refractivity contribution >= 4 is 29.2 Å². The molecule has 3 nitrogen and oxygen atoms in total. The number of carboxylic acids is 1. The highest BCUT2D eigenvalue weighted by Gasteiger charge is 2.07. The van der Waals surface area contributed by atoms with Crippen LogP contribution in [0, 0.1) is 0 Å². The van der Waals surface area contributed by atoms with E-state index in [1.165, 1.54) is 0 Å². The van der Waals surface area contributed by atoms with Crippen LogP contribution in [0.1, 0.15) is 18.0 Å². The van der Waals surface area contributed by atoms with Crippen molar-refractivity contribution in [2.24, 2.45) is 5.73 Å². The van der Waals surface area contributed by atoms with Crippen LogP contribution < -0.4 is 10.8 Å². The van der Waals surface area contributed by atoms with E-state index in [1.807, 2.05) is 0 Å². The van der Waals surface area contributed by atoms with Crippen LogP contribution in [0.15, 0.2) is 18.2 Å². The minimum atomic E-state index is -1.20. The molecule has 0 fully saturated rings. The minimum Gasteiger partial charge on any atom is -0.550 e. The zero-order valence-electron chi connectivity index (χ0n) is 7.17. The molecule has 0 saturated carbocycles. The molecule has 1 aromatic carbocycles. The molecule has 1 aromatic rings. The van der Waals surface area contributed by atoms with Gasteiger partial charge in [-0.3, -0.25) is 0 Å². The molecule has 1 atom stereocenters. The predicted molar refractivity (Wildman–Crippen MR) is 53.0 cm³/mol. The van der Waals surface area contributed by atoms with Gasteiger partial charge in [-0.2, -0.15) is 0 Å². The summed E-state index contributed by atoms with van der Waals surface area (Å²) in [4.78, 5) is 10.3. The van der Waals surface area contributed by atoms with Gasteiger partial charge >= 0.3 is 0 Å². The largest absolute Gasteiger partial charge is 0.550 e. The Labute approximate surface area is 91.4 Å². The third-order valence-corrected chi connectivity index (χ3v) is 2.14. The molecule has 0 aliphatic heterocycles. The Kier molecular flexibility index (Phi) is 3.75. The van der Waals surface area contributed by atoms with Crippen LogP contribution in [-0.2, 0) is 4.79 Å². The van der Waals surface area contributed by atoms with Gasteiger partial charge in [0.25, 0.3) is 0 Å². The smallest absolute Gasteiger partial charge is 0.0433 e. The number of carboxylic acid groups (broad SMARTS) is 1. The van der Waals surface area contributed by atoms with Gasteiger partial charge in [-0.1, -0.05) is 23.2 Å². The second kappa shape index (κ2) is 4.64. The van der Waals surface area contributed by atoms with Crippen LogP contribution in [-0.4, -0.2) is 5.97 Å². The summed E-state index contributed by atoms with van der Waals surface area (Å²) in [5.74, 6) is -1.20. The fourth-order valence-corrected chi connectivity index (χ4v) is 1.63. The van der Waals surface area contributed by atoms with Crippen molar-refractivity contribution in [1.29, 1.82) is 0 Å². The maximum atomic E-state index is 10.3. The highest BCUT2D eigenvalue weighted by Crippen LogP contribution is 2.23. The number of nitrogens with two attached hydrogens (primary N) is 1. The molecule has 0 bridgehead atoms. The van der Waals surface area contributed by atoms with Crippen LogP contribution in [0.4, 0.5) is 0 Å². The Hall–Kier alpha value is -0.770. The molecule has 0 radical (unpaired) electrons. The van der Waals surface area contributed by atoms with E-state index in [0.29, 0.717) is 15.6 Å². The summed E-state index contributed by atoms with van der Waals surface area (Å²) in [7, 11) is 0. The van der Waals surface area contributed by atoms with E-state index in [2.05, 4.69) is 0 Å². The molecule has 0 saturated heterocycles. The van der Waals surface area contributed by atoms with E-state index in [9.17, 15) is 9.90 Å². The number of hydrogen-bond donors (Lipinski definition) is 1. The lowest BCUT2D eigenvalue weighted by Crippen LogP contribution is -2.27. The molecule has 0 aromatic heterocycles. The van der Waals surface area contributed by atoms with Crippen LogP contribution in [0.5, 0.6) is 0 Å². The van der Waals surface area contributed by atoms with Crippen LogP contribution in [0.25, 0.3) is 0 Å². The molecule has 0 spiro atoms. The molecule has 76 valence electrons. The van der Waals surface area contributed by atoms with Gasteiger partial charge in [-0.05, 0) is 23.8 Å². The fourth-order valence-electron chi connectivity index (χ4n) is 1.09. The Morgan fingerprint density at radius 1 is 1.36 bits per heavy atom. The molecular weight excluding hydrogens is 225 g/mol. The van der Waals surface area contributed by atoms with Crippen molar-refractivity contribution in [1.82, 2.24) is 0 Å². The first kappa shape index (κ1) is 11.3. The monoisotopic (exact) mass is 232 g/mol. The summed E-state index contributed by atoms with van der Waals surface area (Å²) in [5.41, 5.74) is 6.19. The van der Waals surface area contributed by atoms with Crippen LogP contribution in [0.2, 0.25) is 10.0 Å². The summed E-state index contributed by atoms with van der Waals surface area (Å²) in [6.07, 6.45) is -0.253. The number of carbonyl (C=O) groups is 1. The summed E-state index contributed by atoms with van der Waals surface area (Å²) < 4.78 is 0. The number of benzene rings is 1. The summed E-state index contributed by atoms with van der Waals surface area (Å²) in [6.45, 7) is 0. The molecule has 0 heterocycles. The number of halogens is 2. The van der Waals surface area contributed by atoms with Gasteiger partial charge in [0.05, 0.1) is 0 Å². The standard InChI is InChI=1S/C9H9Cl2NO2/c10-6-1-5(2-7(11)3-6)8(12)4-9(13)14/h1-3,8H,4,12H2,(H,13,14)/p-1. The first-order valence-electron chi connectivity index (χ1n) is 3.90. The quantitative estimate of drug-likeness (QED) is 0.850. The molecule has 14 heavy (non-hydrogen) atoms. The van der Waals surface area contributed by atoms with Crippen LogP contribution >= 0.6 is 23.2 Å². The van der Waals surface area contributed by atoms with Gasteiger partial charge in [0, 0.05) is 28.5 Å². The van der Waals surface area contributed by atoms with E-state index >= 15 is 0 Å². The second-order valence-corrected chi connectivity index (χ2v) is 3.76. The third kappa shape index (κ3) is 3.18. The Balaban J connectivity index is 2.89. The van der Waals surface area contributed by atoms with Crippen molar-refractivity contribution < 1.29 is 9.90 Å². The van der Waals surface area contributed by atoms with Crippen molar-refractivity contribution in [3.63, 3.8) is 0 Å². The van der Waals surface area contributed by atoms with E-state index in [0.717, 1.165) is 0 Å². The lowest BCUT2D eigenvalue weighted by atomic mass is 10.1. The number of carbonyl (C=O) groups excluding carboxylic acids is 1. The van der Waals surface area contributed by atoms with Gasteiger partial charge < -0.3 is 15.6 Å². The van der Waals surface area contributed by atoms with Gasteiger partial charge in [-0.15, -0.1) is 0 Å². The minimum absolute atomic E-state index is 0.253. The zero-order valence-corrected chi connectivity index (χ0v) is 8.68. The molecule has 1 unspecified atom stereocenters. The molecule has 0 aliphatic rings. The van der Waals surface area contributed by atoms with Crippen molar-refractivity contribution in [2.45, 2.75) is 12.5 Å². The van der Waals surface area contributed by atoms with Gasteiger partial charge in [0.2, 0.25) is 0 Å². The summed E-state index contributed by atoms with van der Waals surface area (Å²) in [5, 5.41) is 11.2. The van der Waals surface area contributed by atoms with Crippen molar-refractivity contribution in [2.75, 3.05) is 0 Å². The number of aliphatic carboxylic acids is 1. The van der Waals surface area contributed by atoms with E-state index in [-0.39, 0.29) is 6.42 Å². The average molecular weight is 233 g/mol. The Morgan fingerprint density at radius 3 is 2.29 bits per heavy atom. The fraction of sp³-hybridized carbons (Fsp3) is 0.222. The lowest BCUT2D eigenvalue weighted by molar-refractivity contribution is -0.306. The topological polar surface area (TPSA) is 66.2 Å². The zero-order chi connectivity index (χ0) is 10.7. The van der Waals surface area contributed by atoms with Gasteiger partial charge in [0.1, 0.15) is 0 Å². The normalized spacial score (nSPS) is 12.5. The Bertz CT molecular complexity index is 334. The second-order valence-electron chi connectivity index (χ2n) is 2.89. The molecule has 1 rings (SSSR count). The number of hydrogen-bond acceptors (Lipinski definition) is 3. The van der Waals surface area contributed by atoms with E-state index in [4.69, 9.17) is 28.9 Å². The average Bonchev–Trinajstić information content (AvgIpc) is 2.00. The lowest BCUT2D eigenvalue weighted by Gasteiger charge is -2.13. The molecule has 0 amide bonds. The maximum Gasteiger partial charge on any atom is 0.0433 e. The van der Waals surface area contributed by atoms with Crippen molar-refractivity contribution in [3.8, 4) is 0 Å². The summed E-state index contributed by atoms with van der Waals surface area (Å²) >= 11 is 11.5. The highest BCUT2D eigenvalue weighted by atomic mass is 35.5. The SMILES string of the molecule is NC(CC(=O)[O-])c1cc(Cl)cc(Cl)c1. The predicted octanol–water partition coefficient (Wildman–Crippen LogP) is 1.13. The molecular formula is C9H8Cl2NO2-. The first-order valence-corrected chi connectivity index (χ1v) is 4.66. The summed E-state index contributed by atoms with van der Waals surface area (Å²) in [6, 6.07) is 4.08. The van der Waals surface area contributed by atoms with Crippen molar-refractivity contribution in [3.05, 3.63) is 33.8 Å². The highest BCUT2D eigenvalue weighted by molar-refractivity contribution is 6.34. The third-order valence-electron chi connectivity index (χ3n) is 1.70. The Morgan fingerprint density at radius 2 is 1.86 bits per heavy atom. The van der Waals surface area contributed by atoms with E-state index in [1.54, 1.807) is 18.2 Å². The first-order chi connectivity index (χ1) is 6.49. The molecule has 5 heteroatoms. The molecule has 2 N–H and O–H groups in total. The van der Waals surface area contributed by atoms with Gasteiger partial charge in [-0.25, -0.2) is 0 Å². The molecule has 0 aliphatic carbocycles. The van der Waals surface area contributed by atoms with E-state index < -0.39 is 12.0 Å².